The first-order valence-corrected chi connectivity index (χ1v) is 10.5. The fourth-order valence-corrected chi connectivity index (χ4v) is 4.04. The Kier molecular flexibility index (Phi) is 6.53. The second-order valence-corrected chi connectivity index (χ2v) is 8.65. The van der Waals surface area contributed by atoms with E-state index in [9.17, 15) is 10.1 Å². The van der Waals surface area contributed by atoms with E-state index in [-0.39, 0.29) is 10.8 Å². The van der Waals surface area contributed by atoms with Gasteiger partial charge >= 0.3 is 0 Å². The van der Waals surface area contributed by atoms with Crippen molar-refractivity contribution < 1.29 is 0 Å². The topological polar surface area (TPSA) is 58.7 Å². The molecule has 0 aliphatic heterocycles. The molecule has 0 aliphatic rings. The number of benzene rings is 2. The smallest absolute Gasteiger partial charge is 0.262 e. The van der Waals surface area contributed by atoms with E-state index in [0.717, 1.165) is 12.0 Å². The molecule has 0 amide bonds. The van der Waals surface area contributed by atoms with Gasteiger partial charge in [0.2, 0.25) is 0 Å². The average Bonchev–Trinajstić information content (AvgIpc) is 2.68. The first kappa shape index (κ1) is 20.2. The fourth-order valence-electron chi connectivity index (χ4n) is 3.00. The number of nitrogens with zero attached hydrogens (tertiary/aromatic N) is 3. The number of thioether (sulfide) groups is 1. The van der Waals surface area contributed by atoms with Gasteiger partial charge in [-0.25, -0.2) is 4.98 Å². The van der Waals surface area contributed by atoms with Crippen LogP contribution in [0.25, 0.3) is 10.9 Å². The van der Waals surface area contributed by atoms with Gasteiger partial charge in [0, 0.05) is 6.54 Å². The molecule has 3 rings (SSSR count). The van der Waals surface area contributed by atoms with Crippen molar-refractivity contribution in [1.82, 2.24) is 9.55 Å². The standard InChI is InChI=1S/C23H25N3OS/c1-16(2)12-13-26-22(27)20-6-4-5-7-21(20)25-23(26)28-19(15-24)14-18-10-8-17(3)9-11-18/h4-11,16,19H,12-14H2,1-3H3. The Bertz CT molecular complexity index is 1050. The molecule has 144 valence electrons. The Morgan fingerprint density at radius 3 is 2.54 bits per heavy atom. The molecule has 1 atom stereocenters. The number of hydrogen-bond donors (Lipinski definition) is 0. The van der Waals surface area contributed by atoms with Crippen LogP contribution >= 0.6 is 11.8 Å². The first-order chi connectivity index (χ1) is 13.5. The minimum atomic E-state index is -0.305. The Hall–Kier alpha value is -2.58. The number of aromatic nitrogens is 2. The van der Waals surface area contributed by atoms with Crippen LogP contribution in [-0.4, -0.2) is 14.8 Å². The Morgan fingerprint density at radius 2 is 1.86 bits per heavy atom. The van der Waals surface area contributed by atoms with Gasteiger partial charge in [-0.05, 0) is 43.4 Å². The zero-order valence-electron chi connectivity index (χ0n) is 16.6. The molecule has 0 saturated heterocycles. The van der Waals surface area contributed by atoms with Crippen LogP contribution in [0.1, 0.15) is 31.4 Å². The maximum absolute atomic E-state index is 13.1. The first-order valence-electron chi connectivity index (χ1n) is 9.59. The van der Waals surface area contributed by atoms with E-state index < -0.39 is 0 Å². The van der Waals surface area contributed by atoms with Gasteiger partial charge in [0.15, 0.2) is 5.16 Å². The molecule has 1 aromatic heterocycles. The van der Waals surface area contributed by atoms with E-state index in [1.54, 1.807) is 4.57 Å². The van der Waals surface area contributed by atoms with Crippen molar-refractivity contribution in [3.05, 3.63) is 70.0 Å². The summed E-state index contributed by atoms with van der Waals surface area (Å²) >= 11 is 1.39. The predicted octanol–water partition coefficient (Wildman–Crippen LogP) is 4.98. The number of aryl methyl sites for hydroxylation is 1. The van der Waals surface area contributed by atoms with Crippen LogP contribution < -0.4 is 5.56 Å². The summed E-state index contributed by atoms with van der Waals surface area (Å²) in [5, 5.41) is 10.7. The van der Waals surface area contributed by atoms with Crippen molar-refractivity contribution in [2.24, 2.45) is 5.92 Å². The molecule has 28 heavy (non-hydrogen) atoms. The van der Waals surface area contributed by atoms with Gasteiger partial charge in [0.25, 0.3) is 5.56 Å². The highest BCUT2D eigenvalue weighted by molar-refractivity contribution is 8.00. The Balaban J connectivity index is 1.94. The number of para-hydroxylation sites is 1. The van der Waals surface area contributed by atoms with E-state index in [2.05, 4.69) is 44.2 Å². The molecule has 4 nitrogen and oxygen atoms in total. The maximum atomic E-state index is 13.1. The predicted molar refractivity (Wildman–Crippen MR) is 116 cm³/mol. The van der Waals surface area contributed by atoms with Crippen molar-refractivity contribution in [3.63, 3.8) is 0 Å². The van der Waals surface area contributed by atoms with Crippen molar-refractivity contribution in [2.45, 2.75) is 50.6 Å². The highest BCUT2D eigenvalue weighted by atomic mass is 32.2. The molecule has 1 unspecified atom stereocenters. The van der Waals surface area contributed by atoms with E-state index >= 15 is 0 Å². The fraction of sp³-hybridized carbons (Fsp3) is 0.348. The van der Waals surface area contributed by atoms with Gasteiger partial charge in [-0.2, -0.15) is 5.26 Å². The summed E-state index contributed by atoms with van der Waals surface area (Å²) in [5.74, 6) is 0.482. The summed E-state index contributed by atoms with van der Waals surface area (Å²) in [6, 6.07) is 18.0. The van der Waals surface area contributed by atoms with Gasteiger partial charge in [-0.1, -0.05) is 67.6 Å². The molecule has 0 saturated carbocycles. The van der Waals surface area contributed by atoms with E-state index in [0.29, 0.717) is 34.9 Å². The molecule has 0 aliphatic carbocycles. The van der Waals surface area contributed by atoms with Crippen molar-refractivity contribution in [3.8, 4) is 6.07 Å². The third-order valence-corrected chi connectivity index (χ3v) is 5.77. The van der Waals surface area contributed by atoms with E-state index in [1.165, 1.54) is 17.3 Å². The van der Waals surface area contributed by atoms with Crippen molar-refractivity contribution in [2.75, 3.05) is 0 Å². The lowest BCUT2D eigenvalue weighted by Gasteiger charge is -2.16. The lowest BCUT2D eigenvalue weighted by atomic mass is 10.1. The number of hydrogen-bond acceptors (Lipinski definition) is 4. The average molecular weight is 392 g/mol. The molecule has 0 fully saturated rings. The van der Waals surface area contributed by atoms with Gasteiger partial charge in [-0.3, -0.25) is 9.36 Å². The summed E-state index contributed by atoms with van der Waals surface area (Å²) in [4.78, 5) is 17.8. The third kappa shape index (κ3) is 4.82. The second-order valence-electron chi connectivity index (χ2n) is 7.48. The normalized spacial score (nSPS) is 12.2. The van der Waals surface area contributed by atoms with Gasteiger partial charge < -0.3 is 0 Å². The summed E-state index contributed by atoms with van der Waals surface area (Å²) in [6.45, 7) is 6.94. The quantitative estimate of drug-likeness (QED) is 0.421. The minimum Gasteiger partial charge on any atom is -0.287 e. The van der Waals surface area contributed by atoms with Crippen LogP contribution in [0, 0.1) is 24.2 Å². The third-order valence-electron chi connectivity index (χ3n) is 4.69. The molecule has 2 aromatic carbocycles. The van der Waals surface area contributed by atoms with E-state index in [1.807, 2.05) is 31.2 Å². The molecular formula is C23H25N3OS. The van der Waals surface area contributed by atoms with Gasteiger partial charge in [0.1, 0.15) is 5.25 Å². The number of nitriles is 1. The van der Waals surface area contributed by atoms with Crippen LogP contribution in [0.2, 0.25) is 0 Å². The van der Waals surface area contributed by atoms with Gasteiger partial charge in [0.05, 0.1) is 17.0 Å². The summed E-state index contributed by atoms with van der Waals surface area (Å²) in [6.07, 6.45) is 1.51. The van der Waals surface area contributed by atoms with Crippen LogP contribution in [0.3, 0.4) is 0 Å². The minimum absolute atomic E-state index is 0.0271. The molecular weight excluding hydrogens is 366 g/mol. The Labute approximate surface area is 170 Å². The molecule has 5 heteroatoms. The lowest BCUT2D eigenvalue weighted by Crippen LogP contribution is -2.25. The van der Waals surface area contributed by atoms with E-state index in [4.69, 9.17) is 4.98 Å². The molecule has 3 aromatic rings. The molecule has 0 N–H and O–H groups in total. The molecule has 0 radical (unpaired) electrons. The highest BCUT2D eigenvalue weighted by Gasteiger charge is 2.17. The van der Waals surface area contributed by atoms with Crippen molar-refractivity contribution >= 4 is 22.7 Å². The Morgan fingerprint density at radius 1 is 1.14 bits per heavy atom. The summed E-state index contributed by atoms with van der Waals surface area (Å²) in [7, 11) is 0. The van der Waals surface area contributed by atoms with Gasteiger partial charge in [-0.15, -0.1) is 0 Å². The molecule has 0 bridgehead atoms. The summed E-state index contributed by atoms with van der Waals surface area (Å²) < 4.78 is 1.74. The number of fused-ring (bicyclic) bond motifs is 1. The largest absolute Gasteiger partial charge is 0.287 e. The molecule has 0 spiro atoms. The SMILES string of the molecule is Cc1ccc(CC(C#N)Sc2nc3ccccc3c(=O)n2CCC(C)C)cc1. The monoisotopic (exact) mass is 391 g/mol. The van der Waals surface area contributed by atoms with Crippen LogP contribution in [0.5, 0.6) is 0 Å². The number of rotatable bonds is 7. The zero-order chi connectivity index (χ0) is 20.1. The van der Waals surface area contributed by atoms with Crippen molar-refractivity contribution in [1.29, 1.82) is 5.26 Å². The highest BCUT2D eigenvalue weighted by Crippen LogP contribution is 2.25. The summed E-state index contributed by atoms with van der Waals surface area (Å²) in [5.41, 5.74) is 2.97. The lowest BCUT2D eigenvalue weighted by molar-refractivity contribution is 0.480. The second kappa shape index (κ2) is 9.07. The maximum Gasteiger partial charge on any atom is 0.262 e. The molecule has 1 heterocycles. The van der Waals surface area contributed by atoms with Crippen LogP contribution in [-0.2, 0) is 13.0 Å². The van der Waals surface area contributed by atoms with Crippen LogP contribution in [0.15, 0.2) is 58.5 Å². The zero-order valence-corrected chi connectivity index (χ0v) is 17.4. The van der Waals surface area contributed by atoms with Crippen LogP contribution in [0.4, 0.5) is 0 Å².